The summed E-state index contributed by atoms with van der Waals surface area (Å²) in [6, 6.07) is 10.7. The maximum atomic E-state index is 11.5. The molecule has 7 heteroatoms. The topological polar surface area (TPSA) is 65.0 Å². The molecular formula is C20H32N4O2S. The SMILES string of the molecule is CCNC(=NCCN1CCS(=O)(=O)CC1)N1CCC(Cc2ccccc2)C1. The molecule has 1 aromatic rings. The van der Waals surface area contributed by atoms with Crippen LogP contribution in [-0.2, 0) is 16.3 Å². The van der Waals surface area contributed by atoms with Gasteiger partial charge in [0.15, 0.2) is 15.8 Å². The number of nitrogens with zero attached hydrogens (tertiary/aromatic N) is 3. The van der Waals surface area contributed by atoms with Crippen LogP contribution < -0.4 is 5.32 Å². The summed E-state index contributed by atoms with van der Waals surface area (Å²) in [5.41, 5.74) is 1.41. The number of hydrogen-bond donors (Lipinski definition) is 1. The zero-order chi connectivity index (χ0) is 19.1. The summed E-state index contributed by atoms with van der Waals surface area (Å²) in [5.74, 6) is 2.23. The number of likely N-dealkylation sites (tertiary alicyclic amines) is 1. The van der Waals surface area contributed by atoms with Crippen LogP contribution in [0, 0.1) is 5.92 Å². The molecule has 3 rings (SSSR count). The minimum atomic E-state index is -2.81. The lowest BCUT2D eigenvalue weighted by Crippen LogP contribution is -2.43. The molecule has 1 atom stereocenters. The standard InChI is InChI=1S/C20H32N4O2S/c1-2-21-20(22-9-11-23-12-14-27(25,26)15-13-23)24-10-8-19(17-24)16-18-6-4-3-5-7-18/h3-7,19H,2,8-17H2,1H3,(H,21,22). The summed E-state index contributed by atoms with van der Waals surface area (Å²) < 4.78 is 23.1. The van der Waals surface area contributed by atoms with Gasteiger partial charge in [-0.1, -0.05) is 30.3 Å². The zero-order valence-electron chi connectivity index (χ0n) is 16.3. The van der Waals surface area contributed by atoms with Crippen molar-refractivity contribution in [3.63, 3.8) is 0 Å². The molecule has 2 aliphatic rings. The van der Waals surface area contributed by atoms with Gasteiger partial charge < -0.3 is 10.2 Å². The molecule has 0 aromatic heterocycles. The average Bonchev–Trinajstić information content (AvgIpc) is 3.11. The molecule has 1 aromatic carbocycles. The van der Waals surface area contributed by atoms with E-state index in [0.717, 1.165) is 38.6 Å². The quantitative estimate of drug-likeness (QED) is 0.583. The number of nitrogens with one attached hydrogen (secondary N) is 1. The summed E-state index contributed by atoms with van der Waals surface area (Å²) in [5, 5.41) is 3.42. The largest absolute Gasteiger partial charge is 0.357 e. The van der Waals surface area contributed by atoms with Crippen molar-refractivity contribution in [3.05, 3.63) is 35.9 Å². The molecule has 0 aliphatic carbocycles. The molecule has 0 bridgehead atoms. The summed E-state index contributed by atoms with van der Waals surface area (Å²) in [7, 11) is -2.81. The van der Waals surface area contributed by atoms with Gasteiger partial charge in [-0.25, -0.2) is 8.42 Å². The van der Waals surface area contributed by atoms with E-state index in [1.807, 2.05) is 0 Å². The number of guanidine groups is 1. The lowest BCUT2D eigenvalue weighted by Gasteiger charge is -2.26. The molecule has 0 spiro atoms. The highest BCUT2D eigenvalue weighted by Gasteiger charge is 2.25. The van der Waals surface area contributed by atoms with E-state index in [9.17, 15) is 8.42 Å². The first kappa shape index (κ1) is 20.1. The van der Waals surface area contributed by atoms with Crippen LogP contribution in [0.25, 0.3) is 0 Å². The van der Waals surface area contributed by atoms with E-state index < -0.39 is 9.84 Å². The molecular weight excluding hydrogens is 360 g/mol. The molecule has 2 aliphatic heterocycles. The number of hydrogen-bond acceptors (Lipinski definition) is 4. The normalized spacial score (nSPS) is 23.5. The van der Waals surface area contributed by atoms with Gasteiger partial charge in [-0.05, 0) is 31.2 Å². The van der Waals surface area contributed by atoms with Crippen molar-refractivity contribution in [3.8, 4) is 0 Å². The summed E-state index contributed by atoms with van der Waals surface area (Å²) in [6.45, 7) is 7.86. The Morgan fingerprint density at radius 1 is 1.19 bits per heavy atom. The van der Waals surface area contributed by atoms with Crippen molar-refractivity contribution in [2.75, 3.05) is 57.3 Å². The number of aliphatic imine (C=N–C) groups is 1. The van der Waals surface area contributed by atoms with Gasteiger partial charge >= 0.3 is 0 Å². The van der Waals surface area contributed by atoms with Crippen LogP contribution in [0.15, 0.2) is 35.3 Å². The second kappa shape index (κ2) is 9.55. The van der Waals surface area contributed by atoms with E-state index in [1.165, 1.54) is 12.0 Å². The third-order valence-electron chi connectivity index (χ3n) is 5.40. The Morgan fingerprint density at radius 2 is 1.93 bits per heavy atom. The molecule has 2 heterocycles. The maximum Gasteiger partial charge on any atom is 0.193 e. The number of sulfone groups is 1. The highest BCUT2D eigenvalue weighted by atomic mass is 32.2. The first-order chi connectivity index (χ1) is 13.1. The Hall–Kier alpha value is -1.60. The van der Waals surface area contributed by atoms with Gasteiger partial charge in [0.1, 0.15) is 0 Å². The molecule has 0 saturated carbocycles. The molecule has 27 heavy (non-hydrogen) atoms. The second-order valence-corrected chi connectivity index (χ2v) is 9.82. The van der Waals surface area contributed by atoms with E-state index in [-0.39, 0.29) is 11.5 Å². The highest BCUT2D eigenvalue weighted by molar-refractivity contribution is 7.91. The molecule has 0 amide bonds. The first-order valence-corrected chi connectivity index (χ1v) is 11.9. The van der Waals surface area contributed by atoms with Crippen LogP contribution in [0.1, 0.15) is 18.9 Å². The molecule has 2 fully saturated rings. The van der Waals surface area contributed by atoms with Gasteiger partial charge in [0, 0.05) is 39.3 Å². The number of rotatable bonds is 6. The van der Waals surface area contributed by atoms with Crippen molar-refractivity contribution in [2.45, 2.75) is 19.8 Å². The molecule has 1 unspecified atom stereocenters. The maximum absolute atomic E-state index is 11.5. The van der Waals surface area contributed by atoms with Crippen molar-refractivity contribution in [1.29, 1.82) is 0 Å². The van der Waals surface area contributed by atoms with Crippen LogP contribution in [0.3, 0.4) is 0 Å². The minimum absolute atomic E-state index is 0.282. The van der Waals surface area contributed by atoms with Gasteiger partial charge in [0.2, 0.25) is 0 Å². The van der Waals surface area contributed by atoms with Crippen LogP contribution in [0.2, 0.25) is 0 Å². The predicted molar refractivity (Wildman–Crippen MR) is 111 cm³/mol. The summed E-state index contributed by atoms with van der Waals surface area (Å²) >= 11 is 0. The molecule has 1 N–H and O–H groups in total. The summed E-state index contributed by atoms with van der Waals surface area (Å²) in [4.78, 5) is 9.39. The highest BCUT2D eigenvalue weighted by Crippen LogP contribution is 2.20. The van der Waals surface area contributed by atoms with E-state index >= 15 is 0 Å². The molecule has 6 nitrogen and oxygen atoms in total. The third kappa shape index (κ3) is 6.21. The predicted octanol–water partition coefficient (Wildman–Crippen LogP) is 1.25. The molecule has 2 saturated heterocycles. The van der Waals surface area contributed by atoms with Gasteiger partial charge in [-0.15, -0.1) is 0 Å². The first-order valence-electron chi connectivity index (χ1n) is 10.1. The van der Waals surface area contributed by atoms with Crippen molar-refractivity contribution in [1.82, 2.24) is 15.1 Å². The second-order valence-electron chi connectivity index (χ2n) is 7.52. The Balaban J connectivity index is 1.49. The van der Waals surface area contributed by atoms with E-state index in [4.69, 9.17) is 4.99 Å². The van der Waals surface area contributed by atoms with Crippen LogP contribution >= 0.6 is 0 Å². The van der Waals surface area contributed by atoms with Gasteiger partial charge in [0.05, 0.1) is 18.1 Å². The lowest BCUT2D eigenvalue weighted by molar-refractivity contribution is 0.303. The van der Waals surface area contributed by atoms with Crippen molar-refractivity contribution < 1.29 is 8.42 Å². The van der Waals surface area contributed by atoms with Crippen molar-refractivity contribution in [2.24, 2.45) is 10.9 Å². The van der Waals surface area contributed by atoms with Crippen LogP contribution in [0.5, 0.6) is 0 Å². The average molecular weight is 393 g/mol. The molecule has 150 valence electrons. The monoisotopic (exact) mass is 392 g/mol. The Bertz CT molecular complexity index is 707. The fourth-order valence-electron chi connectivity index (χ4n) is 3.84. The van der Waals surface area contributed by atoms with Crippen molar-refractivity contribution >= 4 is 15.8 Å². The fraction of sp³-hybridized carbons (Fsp3) is 0.650. The van der Waals surface area contributed by atoms with E-state index in [0.29, 0.717) is 25.6 Å². The van der Waals surface area contributed by atoms with Gasteiger partial charge in [0.25, 0.3) is 0 Å². The van der Waals surface area contributed by atoms with E-state index in [2.05, 4.69) is 52.4 Å². The lowest BCUT2D eigenvalue weighted by atomic mass is 9.99. The Morgan fingerprint density at radius 3 is 2.63 bits per heavy atom. The molecule has 0 radical (unpaired) electrons. The Labute approximate surface area is 163 Å². The van der Waals surface area contributed by atoms with E-state index in [1.54, 1.807) is 0 Å². The summed E-state index contributed by atoms with van der Waals surface area (Å²) in [6.07, 6.45) is 2.32. The van der Waals surface area contributed by atoms with Crippen LogP contribution in [-0.4, -0.2) is 81.5 Å². The van der Waals surface area contributed by atoms with Crippen LogP contribution in [0.4, 0.5) is 0 Å². The van der Waals surface area contributed by atoms with Gasteiger partial charge in [-0.2, -0.15) is 0 Å². The number of benzene rings is 1. The van der Waals surface area contributed by atoms with Gasteiger partial charge in [-0.3, -0.25) is 9.89 Å². The minimum Gasteiger partial charge on any atom is -0.357 e. The third-order valence-corrected chi connectivity index (χ3v) is 7.01. The Kier molecular flexibility index (Phi) is 7.13. The smallest absolute Gasteiger partial charge is 0.193 e. The fourth-order valence-corrected chi connectivity index (χ4v) is 5.11. The zero-order valence-corrected chi connectivity index (χ0v) is 17.1.